The van der Waals surface area contributed by atoms with E-state index in [4.69, 9.17) is 0 Å². The molecule has 0 bridgehead atoms. The first-order chi connectivity index (χ1) is 12.0. The summed E-state index contributed by atoms with van der Waals surface area (Å²) in [6.07, 6.45) is -7.89. The van der Waals surface area contributed by atoms with E-state index in [1.807, 2.05) is 0 Å². The summed E-state index contributed by atoms with van der Waals surface area (Å²) in [5.74, 6) is -52.1. The van der Waals surface area contributed by atoms with Gasteiger partial charge < -0.3 is 4.55 Å². The van der Waals surface area contributed by atoms with E-state index in [-0.39, 0.29) is 27.7 Å². The van der Waals surface area contributed by atoms with Crippen LogP contribution in [0, 0.1) is 0 Å². The Morgan fingerprint density at radius 3 is 0.833 bits per heavy atom. The molecule has 22 heteroatoms. The Morgan fingerprint density at radius 1 is 0.433 bits per heavy atom. The molecule has 0 aliphatic heterocycles. The summed E-state index contributed by atoms with van der Waals surface area (Å²) >= 11 is 0. The zero-order valence-corrected chi connectivity index (χ0v) is 19.1. The molecule has 0 atom stereocenters. The molecule has 0 aliphatic rings. The fourth-order valence-electron chi connectivity index (χ4n) is 1.31. The first-order valence-corrected chi connectivity index (χ1v) is 7.08. The first kappa shape index (κ1) is 31.8. The maximum absolute atomic E-state index is 13.0. The molecule has 0 aromatic heterocycles. The summed E-state index contributed by atoms with van der Waals surface area (Å²) in [5, 5.41) is -7.95. The van der Waals surface area contributed by atoms with Gasteiger partial charge in [-0.3, -0.25) is 0 Å². The predicted molar refractivity (Wildman–Crippen MR) is 50.4 cm³/mol. The van der Waals surface area contributed by atoms with Crippen LogP contribution in [0.5, 0.6) is 0 Å². The van der Waals surface area contributed by atoms with Crippen molar-refractivity contribution in [2.24, 2.45) is 0 Å². The third kappa shape index (κ3) is 3.83. The molecule has 0 aromatic carbocycles. The molecule has 0 aromatic rings. The van der Waals surface area contributed by atoms with Crippen LogP contribution in [0.3, 0.4) is 0 Å². The third-order valence-electron chi connectivity index (χ3n) is 3.01. The Morgan fingerprint density at radius 2 is 0.633 bits per heavy atom. The molecule has 0 aliphatic carbocycles. The van der Waals surface area contributed by atoms with Crippen molar-refractivity contribution in [3.63, 3.8) is 0 Å². The van der Waals surface area contributed by atoms with Crippen molar-refractivity contribution in [1.82, 2.24) is 0 Å². The first-order valence-electron chi connectivity index (χ1n) is 5.67. The van der Waals surface area contributed by atoms with Gasteiger partial charge in [-0.05, 0) is 0 Å². The molecule has 0 rings (SSSR count). The van der Waals surface area contributed by atoms with E-state index in [0.29, 0.717) is 0 Å². The van der Waals surface area contributed by atoms with Gasteiger partial charge in [-0.1, -0.05) is 0 Å². The van der Waals surface area contributed by atoms with Crippen molar-refractivity contribution < 1.29 is 115 Å². The van der Waals surface area contributed by atoms with Gasteiger partial charge in [0.2, 0.25) is 0 Å². The van der Waals surface area contributed by atoms with Gasteiger partial charge in [-0.25, -0.2) is 8.42 Å². The zero-order valence-electron chi connectivity index (χ0n) is 12.8. The van der Waals surface area contributed by atoms with Crippen molar-refractivity contribution >= 4 is 10.1 Å². The minimum absolute atomic E-state index is 0. The molecule has 177 valence electrons. The molecule has 0 saturated heterocycles. The Kier molecular flexibility index (Phi) is 8.08. The molecule has 1 radical (unpaired) electrons. The number of hydrogen-bond donors (Lipinski definition) is 0. The molecular formula is C8F17HgO3S. The van der Waals surface area contributed by atoms with Crippen LogP contribution < -0.4 is 0 Å². The molecule has 0 N–H and O–H groups in total. The van der Waals surface area contributed by atoms with Crippen molar-refractivity contribution in [2.45, 2.75) is 47.0 Å². The molecule has 0 unspecified atom stereocenters. The second-order valence-electron chi connectivity index (χ2n) is 4.92. The summed E-state index contributed by atoms with van der Waals surface area (Å²) < 4.78 is 244. The van der Waals surface area contributed by atoms with Crippen LogP contribution in [0.2, 0.25) is 0 Å². The Bertz CT molecular complexity index is 739. The van der Waals surface area contributed by atoms with Crippen LogP contribution in [-0.4, -0.2) is 59.9 Å². The summed E-state index contributed by atoms with van der Waals surface area (Å²) in [6.45, 7) is 0. The van der Waals surface area contributed by atoms with E-state index in [9.17, 15) is 87.6 Å². The van der Waals surface area contributed by atoms with Crippen molar-refractivity contribution in [2.75, 3.05) is 0 Å². The minimum atomic E-state index is -8.92. The average molecular weight is 700 g/mol. The van der Waals surface area contributed by atoms with E-state index in [1.54, 1.807) is 0 Å². The summed E-state index contributed by atoms with van der Waals surface area (Å²) in [5.41, 5.74) is 0. The summed E-state index contributed by atoms with van der Waals surface area (Å²) in [6, 6.07) is 0. The fourth-order valence-corrected chi connectivity index (χ4v) is 1.75. The second kappa shape index (κ2) is 7.61. The van der Waals surface area contributed by atoms with Crippen LogP contribution in [0.15, 0.2) is 0 Å². The SMILES string of the molecule is O=S(=O)([O-])C(F)(F)C(F)(F)C(F)(F)C(F)(F)C(F)(F)C(F)(F)C(F)(F)C(F)(F)F.[Hg+]. The monoisotopic (exact) mass is 701 g/mol. The molecule has 30 heavy (non-hydrogen) atoms. The van der Waals surface area contributed by atoms with E-state index in [1.165, 1.54) is 0 Å². The molecular weight excluding hydrogens is 700 g/mol. The van der Waals surface area contributed by atoms with Gasteiger partial charge in [-0.2, -0.15) is 74.6 Å². The third-order valence-corrected chi connectivity index (χ3v) is 3.89. The van der Waals surface area contributed by atoms with Gasteiger partial charge in [0.05, 0.1) is 0 Å². The number of alkyl halides is 17. The normalized spacial score (nSPS) is 16.3. The van der Waals surface area contributed by atoms with Gasteiger partial charge in [0, 0.05) is 0 Å². The van der Waals surface area contributed by atoms with Gasteiger partial charge in [-0.15, -0.1) is 0 Å². The predicted octanol–water partition coefficient (Wildman–Crippen LogP) is 4.50. The Labute approximate surface area is 172 Å². The van der Waals surface area contributed by atoms with Crippen LogP contribution in [-0.2, 0) is 37.8 Å². The smallest absolute Gasteiger partial charge is 0.743 e. The maximum Gasteiger partial charge on any atom is 1.00 e. The molecule has 0 saturated carbocycles. The second-order valence-corrected chi connectivity index (χ2v) is 6.34. The van der Waals surface area contributed by atoms with Crippen LogP contribution in [0.4, 0.5) is 74.6 Å². The Hall–Kier alpha value is -0.345. The van der Waals surface area contributed by atoms with E-state index >= 15 is 0 Å². The van der Waals surface area contributed by atoms with Gasteiger partial charge >= 0.3 is 74.6 Å². The molecule has 0 fully saturated rings. The van der Waals surface area contributed by atoms with Crippen LogP contribution in [0.1, 0.15) is 0 Å². The zero-order chi connectivity index (χ0) is 24.5. The van der Waals surface area contributed by atoms with Crippen molar-refractivity contribution in [3.8, 4) is 0 Å². The molecule has 3 nitrogen and oxygen atoms in total. The maximum atomic E-state index is 13.0. The summed E-state index contributed by atoms with van der Waals surface area (Å²) in [7, 11) is -8.14. The van der Waals surface area contributed by atoms with Crippen LogP contribution in [0.25, 0.3) is 0 Å². The topological polar surface area (TPSA) is 57.2 Å². The standard InChI is InChI=1S/C8HF17O3S.Hg/c9-1(10,3(13,14)5(17,18)7(21,22)23)2(11,12)4(15,16)6(19,20)8(24,25)29(26,27)28;/h(H,26,27,28);/q;+1/p-1. The van der Waals surface area contributed by atoms with Gasteiger partial charge in [0.1, 0.15) is 0 Å². The fraction of sp³-hybridized carbons (Fsp3) is 1.00. The molecule has 0 heterocycles. The van der Waals surface area contributed by atoms with Gasteiger partial charge in [0.25, 0.3) is 0 Å². The Balaban J connectivity index is 0. The minimum Gasteiger partial charge on any atom is -0.743 e. The molecule has 0 amide bonds. The van der Waals surface area contributed by atoms with Crippen molar-refractivity contribution in [1.29, 1.82) is 0 Å². The summed E-state index contributed by atoms with van der Waals surface area (Å²) in [4.78, 5) is 0. The number of hydrogen-bond acceptors (Lipinski definition) is 3. The van der Waals surface area contributed by atoms with Crippen LogP contribution >= 0.6 is 0 Å². The number of rotatable bonds is 7. The van der Waals surface area contributed by atoms with E-state index in [2.05, 4.69) is 0 Å². The largest absolute Gasteiger partial charge is 1.00 e. The quantitative estimate of drug-likeness (QED) is 0.224. The van der Waals surface area contributed by atoms with E-state index in [0.717, 1.165) is 0 Å². The molecule has 0 spiro atoms. The number of halogens is 17. The average Bonchev–Trinajstić information content (AvgIpc) is 2.43. The van der Waals surface area contributed by atoms with E-state index < -0.39 is 57.1 Å². The van der Waals surface area contributed by atoms with Gasteiger partial charge in [0.15, 0.2) is 10.1 Å². The van der Waals surface area contributed by atoms with Crippen molar-refractivity contribution in [3.05, 3.63) is 0 Å².